The Kier molecular flexibility index (Phi) is 4.84. The second-order valence-corrected chi connectivity index (χ2v) is 8.37. The summed E-state index contributed by atoms with van der Waals surface area (Å²) in [6.45, 7) is 4.87. The molecule has 32 heavy (non-hydrogen) atoms. The lowest BCUT2D eigenvalue weighted by Gasteiger charge is -2.17. The Hall–Kier alpha value is -3.81. The largest absolute Gasteiger partial charge is 0.328 e. The molecule has 8 heteroatoms. The van der Waals surface area contributed by atoms with Gasteiger partial charge in [0, 0.05) is 36.2 Å². The van der Waals surface area contributed by atoms with Crippen molar-refractivity contribution in [3.63, 3.8) is 0 Å². The molecule has 0 aliphatic carbocycles. The topological polar surface area (TPSA) is 83.9 Å². The summed E-state index contributed by atoms with van der Waals surface area (Å²) < 4.78 is 16.5. The number of halogens is 1. The van der Waals surface area contributed by atoms with Crippen LogP contribution in [0.25, 0.3) is 10.8 Å². The van der Waals surface area contributed by atoms with E-state index in [-0.39, 0.29) is 23.1 Å². The van der Waals surface area contributed by atoms with Crippen LogP contribution >= 0.6 is 0 Å². The molecule has 0 radical (unpaired) electrons. The van der Waals surface area contributed by atoms with Gasteiger partial charge in [-0.3, -0.25) is 14.3 Å². The van der Waals surface area contributed by atoms with E-state index < -0.39 is 5.82 Å². The molecule has 0 atom stereocenters. The summed E-state index contributed by atoms with van der Waals surface area (Å²) in [6, 6.07) is 12.0. The number of carbonyl (C=O) groups excluding carboxylic acids is 1. The first-order chi connectivity index (χ1) is 15.4. The van der Waals surface area contributed by atoms with E-state index in [1.807, 2.05) is 36.9 Å². The predicted molar refractivity (Wildman–Crippen MR) is 118 cm³/mol. The number of nitrogens with zero attached hydrogens (tertiary/aromatic N) is 4. The maximum absolute atomic E-state index is 14.6. The number of fused-ring (bicyclic) bond motifs is 2. The van der Waals surface area contributed by atoms with Crippen LogP contribution in [0.3, 0.4) is 0 Å². The SMILES string of the molecule is CC(C)n1cc2c(n1)CN(C(=O)c1cc(Cc3n[nH]c(=O)c4ccccc34)ccc1F)C2. The third-order valence-corrected chi connectivity index (χ3v) is 5.82. The average Bonchev–Trinajstić information content (AvgIpc) is 3.36. The summed E-state index contributed by atoms with van der Waals surface area (Å²) in [5, 5.41) is 12.5. The van der Waals surface area contributed by atoms with Gasteiger partial charge in [-0.05, 0) is 37.6 Å². The molecular weight excluding hydrogens is 409 g/mol. The number of H-pyrrole nitrogens is 1. The van der Waals surface area contributed by atoms with Crippen molar-refractivity contribution in [1.29, 1.82) is 0 Å². The number of aromatic nitrogens is 4. The Labute approximate surface area is 183 Å². The first kappa shape index (κ1) is 20.1. The van der Waals surface area contributed by atoms with Gasteiger partial charge in [0.2, 0.25) is 0 Å². The molecule has 3 heterocycles. The first-order valence-corrected chi connectivity index (χ1v) is 10.5. The molecule has 0 saturated carbocycles. The highest BCUT2D eigenvalue weighted by molar-refractivity contribution is 5.95. The zero-order valence-electron chi connectivity index (χ0n) is 17.8. The third kappa shape index (κ3) is 3.47. The van der Waals surface area contributed by atoms with Crippen molar-refractivity contribution in [2.24, 2.45) is 0 Å². The summed E-state index contributed by atoms with van der Waals surface area (Å²) in [5.41, 5.74) is 3.01. The molecule has 1 N–H and O–H groups in total. The van der Waals surface area contributed by atoms with Gasteiger partial charge in [-0.2, -0.15) is 10.2 Å². The summed E-state index contributed by atoms with van der Waals surface area (Å²) in [5.74, 6) is -0.924. The van der Waals surface area contributed by atoms with Gasteiger partial charge in [0.15, 0.2) is 0 Å². The summed E-state index contributed by atoms with van der Waals surface area (Å²) in [4.78, 5) is 26.7. The van der Waals surface area contributed by atoms with Crippen molar-refractivity contribution in [1.82, 2.24) is 24.9 Å². The van der Waals surface area contributed by atoms with E-state index in [9.17, 15) is 14.0 Å². The molecular formula is C24H22FN5O2. The Morgan fingerprint density at radius 2 is 1.94 bits per heavy atom. The minimum absolute atomic E-state index is 0.0260. The Balaban J connectivity index is 1.41. The highest BCUT2D eigenvalue weighted by Crippen LogP contribution is 2.26. The Morgan fingerprint density at radius 3 is 2.69 bits per heavy atom. The van der Waals surface area contributed by atoms with Crippen molar-refractivity contribution in [2.75, 3.05) is 0 Å². The fourth-order valence-corrected chi connectivity index (χ4v) is 4.10. The number of benzene rings is 2. The molecule has 1 aliphatic heterocycles. The molecule has 0 saturated heterocycles. The maximum atomic E-state index is 14.6. The van der Waals surface area contributed by atoms with Crippen LogP contribution in [0.15, 0.2) is 53.5 Å². The van der Waals surface area contributed by atoms with E-state index in [2.05, 4.69) is 15.3 Å². The van der Waals surface area contributed by atoms with Crippen molar-refractivity contribution in [3.8, 4) is 0 Å². The van der Waals surface area contributed by atoms with Gasteiger partial charge in [0.05, 0.1) is 28.9 Å². The molecule has 7 nitrogen and oxygen atoms in total. The lowest BCUT2D eigenvalue weighted by molar-refractivity contribution is 0.0744. The van der Waals surface area contributed by atoms with E-state index in [0.717, 1.165) is 22.2 Å². The first-order valence-electron chi connectivity index (χ1n) is 10.5. The fourth-order valence-electron chi connectivity index (χ4n) is 4.10. The molecule has 0 fully saturated rings. The number of hydrogen-bond acceptors (Lipinski definition) is 4. The average molecular weight is 431 g/mol. The standard InChI is InChI=1S/C24H22FN5O2/c1-14(2)30-12-16-11-29(13-22(16)28-30)24(32)19-9-15(7-8-20(19)25)10-21-17-5-3-4-6-18(17)23(31)27-26-21/h3-9,12,14H,10-11,13H2,1-2H3,(H,27,31). The lowest BCUT2D eigenvalue weighted by atomic mass is 10.0. The van der Waals surface area contributed by atoms with Gasteiger partial charge in [0.25, 0.3) is 11.5 Å². The van der Waals surface area contributed by atoms with Crippen LogP contribution < -0.4 is 5.56 Å². The second-order valence-electron chi connectivity index (χ2n) is 8.37. The zero-order valence-corrected chi connectivity index (χ0v) is 17.8. The van der Waals surface area contributed by atoms with Crippen LogP contribution in [0.5, 0.6) is 0 Å². The van der Waals surface area contributed by atoms with E-state index >= 15 is 0 Å². The number of carbonyl (C=O) groups is 1. The Morgan fingerprint density at radius 1 is 1.16 bits per heavy atom. The van der Waals surface area contributed by atoms with Crippen molar-refractivity contribution in [3.05, 3.63) is 92.9 Å². The number of aromatic amines is 1. The van der Waals surface area contributed by atoms with E-state index in [0.29, 0.717) is 30.6 Å². The molecule has 1 aliphatic rings. The number of nitrogens with one attached hydrogen (secondary N) is 1. The lowest BCUT2D eigenvalue weighted by Crippen LogP contribution is -2.27. The normalized spacial score (nSPS) is 13.2. The molecule has 0 unspecified atom stereocenters. The molecule has 2 aromatic heterocycles. The monoisotopic (exact) mass is 431 g/mol. The van der Waals surface area contributed by atoms with Crippen LogP contribution in [-0.2, 0) is 19.5 Å². The van der Waals surface area contributed by atoms with Crippen LogP contribution in [0.2, 0.25) is 0 Å². The molecule has 2 aromatic carbocycles. The summed E-state index contributed by atoms with van der Waals surface area (Å²) in [7, 11) is 0. The highest BCUT2D eigenvalue weighted by atomic mass is 19.1. The van der Waals surface area contributed by atoms with Gasteiger partial charge in [-0.15, -0.1) is 0 Å². The maximum Gasteiger partial charge on any atom is 0.272 e. The van der Waals surface area contributed by atoms with E-state index in [1.165, 1.54) is 6.07 Å². The van der Waals surface area contributed by atoms with Gasteiger partial charge in [0.1, 0.15) is 5.82 Å². The molecule has 0 bridgehead atoms. The second kappa shape index (κ2) is 7.71. The minimum atomic E-state index is -0.560. The molecule has 5 rings (SSSR count). The predicted octanol–water partition coefficient (Wildman–Crippen LogP) is 3.59. The van der Waals surface area contributed by atoms with Gasteiger partial charge < -0.3 is 4.90 Å². The third-order valence-electron chi connectivity index (χ3n) is 5.82. The Bertz CT molecular complexity index is 1380. The molecule has 4 aromatic rings. The van der Waals surface area contributed by atoms with Gasteiger partial charge in [-0.1, -0.05) is 24.3 Å². The highest BCUT2D eigenvalue weighted by Gasteiger charge is 2.29. The zero-order chi connectivity index (χ0) is 22.4. The molecule has 162 valence electrons. The summed E-state index contributed by atoms with van der Waals surface area (Å²) >= 11 is 0. The number of amides is 1. The quantitative estimate of drug-likeness (QED) is 0.535. The van der Waals surface area contributed by atoms with Crippen molar-refractivity contribution < 1.29 is 9.18 Å². The smallest absolute Gasteiger partial charge is 0.272 e. The molecule has 0 spiro atoms. The van der Waals surface area contributed by atoms with Crippen LogP contribution in [-0.4, -0.2) is 30.8 Å². The fraction of sp³-hybridized carbons (Fsp3) is 0.250. The van der Waals surface area contributed by atoms with Crippen molar-refractivity contribution in [2.45, 2.75) is 39.4 Å². The number of rotatable bonds is 4. The van der Waals surface area contributed by atoms with E-state index in [4.69, 9.17) is 0 Å². The van der Waals surface area contributed by atoms with E-state index in [1.54, 1.807) is 29.2 Å². The van der Waals surface area contributed by atoms with Crippen LogP contribution in [0, 0.1) is 5.82 Å². The molecule has 1 amide bonds. The minimum Gasteiger partial charge on any atom is -0.328 e. The summed E-state index contributed by atoms with van der Waals surface area (Å²) in [6.07, 6.45) is 2.31. The van der Waals surface area contributed by atoms with Crippen molar-refractivity contribution >= 4 is 16.7 Å². The van der Waals surface area contributed by atoms with Gasteiger partial charge >= 0.3 is 0 Å². The van der Waals surface area contributed by atoms with Crippen LogP contribution in [0.4, 0.5) is 4.39 Å². The number of hydrogen-bond donors (Lipinski definition) is 1. The van der Waals surface area contributed by atoms with Gasteiger partial charge in [-0.25, -0.2) is 9.49 Å². The van der Waals surface area contributed by atoms with Crippen LogP contribution in [0.1, 0.15) is 52.8 Å².